The zero-order valence-electron chi connectivity index (χ0n) is 18.9. The molecule has 1 N–H and O–H groups in total. The van der Waals surface area contributed by atoms with E-state index >= 15 is 0 Å². The predicted molar refractivity (Wildman–Crippen MR) is 134 cm³/mol. The smallest absolute Gasteiger partial charge is 0.280 e. The first-order chi connectivity index (χ1) is 17.0. The molecule has 0 radical (unpaired) electrons. The van der Waals surface area contributed by atoms with Crippen LogP contribution in [-0.4, -0.2) is 30.2 Å². The van der Waals surface area contributed by atoms with Gasteiger partial charge < -0.3 is 19.5 Å². The van der Waals surface area contributed by atoms with Crippen LogP contribution >= 0.6 is 11.8 Å². The van der Waals surface area contributed by atoms with Gasteiger partial charge in [0.15, 0.2) is 16.7 Å². The second-order valence-electron chi connectivity index (χ2n) is 7.27. The molecule has 1 heterocycles. The fourth-order valence-corrected chi connectivity index (χ4v) is 4.07. The first kappa shape index (κ1) is 23.8. The van der Waals surface area contributed by atoms with Gasteiger partial charge in [-0.1, -0.05) is 30.3 Å². The number of carbonyl (C=O) groups excluding carboxylic acids is 1. The van der Waals surface area contributed by atoms with Gasteiger partial charge in [0.2, 0.25) is 0 Å². The van der Waals surface area contributed by atoms with Crippen molar-refractivity contribution >= 4 is 40.3 Å². The third kappa shape index (κ3) is 5.79. The van der Waals surface area contributed by atoms with Crippen molar-refractivity contribution in [3.8, 4) is 17.2 Å². The minimum atomic E-state index is -0.523. The second-order valence-corrected chi connectivity index (χ2v) is 8.30. The lowest BCUT2D eigenvalue weighted by molar-refractivity contribution is -0.385. The molecule has 1 saturated heterocycles. The number of rotatable bonds is 8. The third-order valence-electron chi connectivity index (χ3n) is 4.99. The summed E-state index contributed by atoms with van der Waals surface area (Å²) in [6.45, 7) is 0.220. The predicted octanol–water partition coefficient (Wildman–Crippen LogP) is 5.08. The number of nitrogens with one attached hydrogen (secondary N) is 1. The molecule has 1 amide bonds. The number of amides is 1. The molecule has 1 fully saturated rings. The van der Waals surface area contributed by atoms with Crippen molar-refractivity contribution in [2.45, 2.75) is 6.61 Å². The number of benzene rings is 3. The van der Waals surface area contributed by atoms with E-state index in [1.165, 1.54) is 25.3 Å². The Kier molecular flexibility index (Phi) is 7.32. The van der Waals surface area contributed by atoms with E-state index in [4.69, 9.17) is 14.2 Å². The van der Waals surface area contributed by atoms with Crippen molar-refractivity contribution < 1.29 is 23.9 Å². The Morgan fingerprint density at radius 2 is 1.77 bits per heavy atom. The van der Waals surface area contributed by atoms with Crippen molar-refractivity contribution in [2.75, 3.05) is 14.2 Å². The molecule has 0 saturated carbocycles. The van der Waals surface area contributed by atoms with E-state index in [0.29, 0.717) is 22.4 Å². The summed E-state index contributed by atoms with van der Waals surface area (Å²) in [5.74, 6) is 0.833. The Morgan fingerprint density at radius 1 is 1.03 bits per heavy atom. The van der Waals surface area contributed by atoms with Gasteiger partial charge in [-0.25, -0.2) is 4.99 Å². The lowest BCUT2D eigenvalue weighted by atomic mass is 10.1. The highest BCUT2D eigenvalue weighted by atomic mass is 32.2. The summed E-state index contributed by atoms with van der Waals surface area (Å²) in [5.41, 5.74) is 1.53. The molecule has 35 heavy (non-hydrogen) atoms. The lowest BCUT2D eigenvalue weighted by Gasteiger charge is -2.12. The number of carbonyl (C=O) groups is 1. The summed E-state index contributed by atoms with van der Waals surface area (Å²) < 4.78 is 16.3. The second kappa shape index (κ2) is 10.7. The Labute approximate surface area is 205 Å². The van der Waals surface area contributed by atoms with Gasteiger partial charge in [0.1, 0.15) is 12.4 Å². The van der Waals surface area contributed by atoms with Crippen LogP contribution in [0.1, 0.15) is 11.1 Å². The average molecular weight is 492 g/mol. The zero-order chi connectivity index (χ0) is 24.8. The van der Waals surface area contributed by atoms with Gasteiger partial charge in [-0.15, -0.1) is 0 Å². The molecular formula is C25H21N3O6S. The Bertz CT molecular complexity index is 1310. The van der Waals surface area contributed by atoms with E-state index in [0.717, 1.165) is 17.3 Å². The molecule has 1 aliphatic rings. The van der Waals surface area contributed by atoms with Gasteiger partial charge >= 0.3 is 0 Å². The normalized spacial score (nSPS) is 15.2. The fraction of sp³-hybridized carbons (Fsp3) is 0.120. The van der Waals surface area contributed by atoms with Crippen molar-refractivity contribution in [2.24, 2.45) is 4.99 Å². The van der Waals surface area contributed by atoms with Crippen LogP contribution < -0.4 is 19.5 Å². The van der Waals surface area contributed by atoms with Gasteiger partial charge in [-0.3, -0.25) is 14.9 Å². The number of methoxy groups -OCH3 is 2. The van der Waals surface area contributed by atoms with Crippen LogP contribution in [0, 0.1) is 10.1 Å². The number of thioether (sulfide) groups is 1. The summed E-state index contributed by atoms with van der Waals surface area (Å²) in [4.78, 5) is 28.5. The van der Waals surface area contributed by atoms with E-state index in [2.05, 4.69) is 10.3 Å². The maximum Gasteiger partial charge on any atom is 0.280 e. The standard InChI is InChI=1S/C25H21N3O6S/c1-32-19-10-8-18(9-11-19)26-25-27-24(29)23(35-25)13-17-12-21(33-2)22(14-20(17)28(30)31)34-15-16-6-4-3-5-7-16/h3-14H,15H2,1-2H3,(H,26,27,29)/b23-13+. The number of nitro groups is 1. The summed E-state index contributed by atoms with van der Waals surface area (Å²) in [5, 5.41) is 14.8. The molecule has 0 bridgehead atoms. The highest BCUT2D eigenvalue weighted by molar-refractivity contribution is 8.18. The number of amidine groups is 1. The van der Waals surface area contributed by atoms with Crippen LogP contribution in [0.4, 0.5) is 11.4 Å². The molecule has 0 aromatic heterocycles. The Morgan fingerprint density at radius 3 is 2.43 bits per heavy atom. The average Bonchev–Trinajstić information content (AvgIpc) is 3.21. The van der Waals surface area contributed by atoms with Crippen molar-refractivity contribution in [3.05, 3.63) is 92.9 Å². The molecule has 4 rings (SSSR count). The van der Waals surface area contributed by atoms with E-state index in [1.54, 1.807) is 31.4 Å². The molecule has 3 aromatic rings. The highest BCUT2D eigenvalue weighted by Crippen LogP contribution is 2.38. The van der Waals surface area contributed by atoms with Crippen molar-refractivity contribution in [1.82, 2.24) is 5.32 Å². The molecule has 9 nitrogen and oxygen atoms in total. The number of nitro benzene ring substituents is 1. The number of hydrogen-bond donors (Lipinski definition) is 1. The van der Waals surface area contributed by atoms with E-state index in [1.807, 2.05) is 30.3 Å². The van der Waals surface area contributed by atoms with Gasteiger partial charge in [0.25, 0.3) is 11.6 Å². The van der Waals surface area contributed by atoms with E-state index in [-0.39, 0.29) is 28.5 Å². The fourth-order valence-electron chi connectivity index (χ4n) is 3.24. The number of hydrogen-bond acceptors (Lipinski definition) is 8. The molecule has 1 aliphatic heterocycles. The third-order valence-corrected chi connectivity index (χ3v) is 5.90. The van der Waals surface area contributed by atoms with Crippen LogP contribution in [0.3, 0.4) is 0 Å². The maximum atomic E-state index is 12.5. The summed E-state index contributed by atoms with van der Waals surface area (Å²) >= 11 is 1.09. The lowest BCUT2D eigenvalue weighted by Crippen LogP contribution is -2.19. The van der Waals surface area contributed by atoms with E-state index < -0.39 is 10.8 Å². The molecule has 0 unspecified atom stereocenters. The minimum absolute atomic E-state index is 0.210. The van der Waals surface area contributed by atoms with Crippen LogP contribution in [0.2, 0.25) is 0 Å². The topological polar surface area (TPSA) is 112 Å². The van der Waals surface area contributed by atoms with Gasteiger partial charge in [0.05, 0.1) is 41.4 Å². The quantitative estimate of drug-likeness (QED) is 0.266. The zero-order valence-corrected chi connectivity index (χ0v) is 19.7. The van der Waals surface area contributed by atoms with Crippen molar-refractivity contribution in [3.63, 3.8) is 0 Å². The molecule has 0 atom stereocenters. The molecule has 0 spiro atoms. The maximum absolute atomic E-state index is 12.5. The highest BCUT2D eigenvalue weighted by Gasteiger charge is 2.26. The first-order valence-electron chi connectivity index (χ1n) is 10.4. The largest absolute Gasteiger partial charge is 0.497 e. The Balaban J connectivity index is 1.60. The van der Waals surface area contributed by atoms with Crippen LogP contribution in [0.5, 0.6) is 17.2 Å². The monoisotopic (exact) mass is 491 g/mol. The Hall–Kier alpha value is -4.31. The van der Waals surface area contributed by atoms with Crippen LogP contribution in [-0.2, 0) is 11.4 Å². The van der Waals surface area contributed by atoms with Gasteiger partial charge in [-0.2, -0.15) is 0 Å². The molecule has 10 heteroatoms. The number of ether oxygens (including phenoxy) is 3. The van der Waals surface area contributed by atoms with E-state index in [9.17, 15) is 14.9 Å². The molecule has 0 aliphatic carbocycles. The number of nitrogens with zero attached hydrogens (tertiary/aromatic N) is 2. The summed E-state index contributed by atoms with van der Waals surface area (Å²) in [6, 6.07) is 19.2. The summed E-state index contributed by atoms with van der Waals surface area (Å²) in [6.07, 6.45) is 1.44. The van der Waals surface area contributed by atoms with Crippen LogP contribution in [0.15, 0.2) is 76.6 Å². The first-order valence-corrected chi connectivity index (χ1v) is 11.3. The van der Waals surface area contributed by atoms with Gasteiger partial charge in [0, 0.05) is 0 Å². The molecular weight excluding hydrogens is 470 g/mol. The van der Waals surface area contributed by atoms with Crippen molar-refractivity contribution in [1.29, 1.82) is 0 Å². The molecule has 178 valence electrons. The van der Waals surface area contributed by atoms with Gasteiger partial charge in [-0.05, 0) is 53.7 Å². The minimum Gasteiger partial charge on any atom is -0.497 e. The number of aliphatic imine (C=N–C) groups is 1. The summed E-state index contributed by atoms with van der Waals surface area (Å²) in [7, 11) is 3.02. The molecule has 3 aromatic carbocycles. The van der Waals surface area contributed by atoms with Crippen LogP contribution in [0.25, 0.3) is 6.08 Å². The SMILES string of the molecule is COc1ccc(N=C2NC(=O)/C(=C\c3cc(OC)c(OCc4ccccc4)cc3[N+](=O)[O-])S2)cc1.